The Labute approximate surface area is 160 Å². The molecule has 0 aliphatic carbocycles. The van der Waals surface area contributed by atoms with Crippen LogP contribution in [-0.4, -0.2) is 12.4 Å². The van der Waals surface area contributed by atoms with Gasteiger partial charge in [0.25, 0.3) is 0 Å². The summed E-state index contributed by atoms with van der Waals surface area (Å²) in [4.78, 5) is 0. The summed E-state index contributed by atoms with van der Waals surface area (Å²) in [5.74, 6) is 0. The van der Waals surface area contributed by atoms with E-state index in [0.29, 0.717) is 30.3 Å². The van der Waals surface area contributed by atoms with E-state index in [1.54, 1.807) is 0 Å². The van der Waals surface area contributed by atoms with E-state index in [1.807, 2.05) is 0 Å². The summed E-state index contributed by atoms with van der Waals surface area (Å²) in [6.45, 7) is 1.10. The quantitative estimate of drug-likeness (QED) is 0.389. The van der Waals surface area contributed by atoms with Crippen molar-refractivity contribution in [1.29, 1.82) is 0 Å². The molecule has 0 atom stereocenters. The van der Waals surface area contributed by atoms with Gasteiger partial charge in [-0.25, -0.2) is 4.39 Å². The molecule has 0 saturated carbocycles. The van der Waals surface area contributed by atoms with Gasteiger partial charge in [0, 0.05) is 21.7 Å². The fraction of sp³-hybridized carbons (Fsp3) is 0.294. The topological polar surface area (TPSA) is 0 Å². The van der Waals surface area contributed by atoms with Crippen LogP contribution in [0.2, 0.25) is 0 Å². The molecule has 153 valence electrons. The molecule has 0 bridgehead atoms. The summed E-state index contributed by atoms with van der Waals surface area (Å²) in [6, 6.07) is 4.95. The van der Waals surface area contributed by atoms with Crippen LogP contribution in [-0.2, 0) is 11.8 Å². The Balaban J connectivity index is 2.85. The van der Waals surface area contributed by atoms with Gasteiger partial charge in [-0.2, -0.15) is 39.5 Å². The first-order chi connectivity index (χ1) is 12.5. The molecule has 0 amide bonds. The molecule has 0 aromatic heterocycles. The van der Waals surface area contributed by atoms with Crippen LogP contribution >= 0.6 is 15.9 Å². The molecule has 0 nitrogen and oxygen atoms in total. The molecule has 0 fully saturated rings. The smallest absolute Gasteiger partial charge is 0.218 e. The van der Waals surface area contributed by atoms with Crippen molar-refractivity contribution in [3.05, 3.63) is 57.6 Å². The standard InChI is InChI=1S/C17H8BrF10/c1-8-6-11(14(19,16(23,24)25)17(26,27)28)13(12(18)7-8)9-2-4-10(5-3-9)15(20,21)22/h2-6H,1H3. The van der Waals surface area contributed by atoms with Gasteiger partial charge in [-0.15, -0.1) is 0 Å². The predicted octanol–water partition coefficient (Wildman–Crippen LogP) is 7.53. The summed E-state index contributed by atoms with van der Waals surface area (Å²) in [5.41, 5.74) is -10.4. The zero-order valence-electron chi connectivity index (χ0n) is 13.5. The van der Waals surface area contributed by atoms with Gasteiger partial charge in [-0.3, -0.25) is 0 Å². The van der Waals surface area contributed by atoms with Gasteiger partial charge >= 0.3 is 24.2 Å². The molecule has 2 aromatic carbocycles. The highest BCUT2D eigenvalue weighted by molar-refractivity contribution is 9.10. The molecule has 0 saturated heterocycles. The Morgan fingerprint density at radius 1 is 0.786 bits per heavy atom. The van der Waals surface area contributed by atoms with Crippen LogP contribution in [0.4, 0.5) is 43.9 Å². The second-order valence-corrected chi connectivity index (χ2v) is 6.58. The van der Waals surface area contributed by atoms with Crippen molar-refractivity contribution in [3.63, 3.8) is 0 Å². The normalized spacial score (nSPS) is 13.7. The third-order valence-corrected chi connectivity index (χ3v) is 4.40. The maximum atomic E-state index is 14.6. The summed E-state index contributed by atoms with van der Waals surface area (Å²) >= 11 is 2.74. The Kier molecular flexibility index (Phi) is 5.57. The molecular weight excluding hydrogens is 474 g/mol. The zero-order valence-corrected chi connectivity index (χ0v) is 15.1. The van der Waals surface area contributed by atoms with E-state index in [1.165, 1.54) is 0 Å². The molecule has 2 aromatic rings. The number of rotatable bonds is 2. The van der Waals surface area contributed by atoms with Gasteiger partial charge in [0.15, 0.2) is 0 Å². The van der Waals surface area contributed by atoms with Crippen LogP contribution in [0, 0.1) is 13.0 Å². The van der Waals surface area contributed by atoms with Gasteiger partial charge in [0.2, 0.25) is 0 Å². The summed E-state index contributed by atoms with van der Waals surface area (Å²) < 4.78 is 131. The van der Waals surface area contributed by atoms with Gasteiger partial charge in [-0.05, 0) is 46.1 Å². The molecule has 2 rings (SSSR count). The lowest BCUT2D eigenvalue weighted by Crippen LogP contribution is -2.50. The highest BCUT2D eigenvalue weighted by Crippen LogP contribution is 2.56. The number of benzene rings is 2. The maximum Gasteiger partial charge on any atom is 0.435 e. The number of alkyl halides is 10. The van der Waals surface area contributed by atoms with Crippen molar-refractivity contribution in [1.82, 2.24) is 0 Å². The highest BCUT2D eigenvalue weighted by Gasteiger charge is 2.74. The molecule has 0 aliphatic heterocycles. The van der Waals surface area contributed by atoms with E-state index in [4.69, 9.17) is 0 Å². The first-order valence-electron chi connectivity index (χ1n) is 7.23. The van der Waals surface area contributed by atoms with Crippen LogP contribution in [0.3, 0.4) is 0 Å². The molecule has 0 aliphatic rings. The monoisotopic (exact) mass is 481 g/mol. The second kappa shape index (κ2) is 6.93. The molecule has 0 heterocycles. The first kappa shape index (κ1) is 22.5. The van der Waals surface area contributed by atoms with Crippen molar-refractivity contribution in [2.75, 3.05) is 0 Å². The first-order valence-corrected chi connectivity index (χ1v) is 8.02. The molecule has 0 N–H and O–H groups in total. The van der Waals surface area contributed by atoms with E-state index in [9.17, 15) is 43.9 Å². The Morgan fingerprint density at radius 2 is 1.25 bits per heavy atom. The molecular formula is C17H8BrF10. The van der Waals surface area contributed by atoms with Gasteiger partial charge in [0.1, 0.15) is 0 Å². The van der Waals surface area contributed by atoms with E-state index in [2.05, 4.69) is 22.0 Å². The van der Waals surface area contributed by atoms with Crippen molar-refractivity contribution in [2.45, 2.75) is 31.1 Å². The number of hydrogen-bond donors (Lipinski definition) is 0. The number of aryl methyl sites for hydroxylation is 1. The van der Waals surface area contributed by atoms with E-state index >= 15 is 0 Å². The van der Waals surface area contributed by atoms with Crippen LogP contribution in [0.25, 0.3) is 11.1 Å². The van der Waals surface area contributed by atoms with Crippen LogP contribution < -0.4 is 0 Å². The Morgan fingerprint density at radius 3 is 1.64 bits per heavy atom. The van der Waals surface area contributed by atoms with Crippen molar-refractivity contribution in [2.24, 2.45) is 0 Å². The van der Waals surface area contributed by atoms with Gasteiger partial charge < -0.3 is 0 Å². The molecule has 0 spiro atoms. The van der Waals surface area contributed by atoms with Crippen LogP contribution in [0.1, 0.15) is 16.7 Å². The number of halogens is 11. The maximum absolute atomic E-state index is 14.6. The number of hydrogen-bond acceptors (Lipinski definition) is 0. The van der Waals surface area contributed by atoms with Crippen molar-refractivity contribution >= 4 is 15.9 Å². The largest absolute Gasteiger partial charge is 0.435 e. The van der Waals surface area contributed by atoms with E-state index in [-0.39, 0.29) is 5.56 Å². The lowest BCUT2D eigenvalue weighted by molar-refractivity contribution is -0.348. The second-order valence-electron chi connectivity index (χ2n) is 5.78. The van der Waals surface area contributed by atoms with Gasteiger partial charge in [-0.1, -0.05) is 18.2 Å². The van der Waals surface area contributed by atoms with Gasteiger partial charge in [0.05, 0.1) is 5.56 Å². The summed E-state index contributed by atoms with van der Waals surface area (Å²) in [6.07, 6.45) is -17.5. The minimum atomic E-state index is -6.38. The third kappa shape index (κ3) is 3.85. The fourth-order valence-electron chi connectivity index (χ4n) is 2.52. The minimum absolute atomic E-state index is 0.243. The van der Waals surface area contributed by atoms with Crippen molar-refractivity contribution < 1.29 is 43.9 Å². The fourth-order valence-corrected chi connectivity index (χ4v) is 3.28. The van der Waals surface area contributed by atoms with E-state index < -0.39 is 50.9 Å². The Bertz CT molecular complexity index is 846. The van der Waals surface area contributed by atoms with E-state index in [0.717, 1.165) is 6.92 Å². The molecule has 28 heavy (non-hydrogen) atoms. The molecule has 0 unspecified atom stereocenters. The average Bonchev–Trinajstić information content (AvgIpc) is 2.50. The third-order valence-electron chi connectivity index (χ3n) is 3.81. The SMILES string of the molecule is Cc1[c]c(Br)c(-c2ccc(C(F)(F)F)cc2)c(C(F)(C(F)(F)F)C(F)(F)F)c1. The van der Waals surface area contributed by atoms with Crippen LogP contribution in [0.5, 0.6) is 0 Å². The van der Waals surface area contributed by atoms with Crippen molar-refractivity contribution in [3.8, 4) is 11.1 Å². The summed E-state index contributed by atoms with van der Waals surface area (Å²) in [5, 5.41) is 0. The molecule has 11 heteroatoms. The molecule has 1 radical (unpaired) electrons. The van der Waals surface area contributed by atoms with Crippen LogP contribution in [0.15, 0.2) is 34.8 Å². The highest BCUT2D eigenvalue weighted by atomic mass is 79.9. The average molecular weight is 482 g/mol. The zero-order chi connectivity index (χ0) is 21.7. The lowest BCUT2D eigenvalue weighted by Gasteiger charge is -2.32. The Hall–Kier alpha value is -1.78. The predicted molar refractivity (Wildman–Crippen MR) is 83.0 cm³/mol. The minimum Gasteiger partial charge on any atom is -0.218 e. The summed E-state index contributed by atoms with van der Waals surface area (Å²) in [7, 11) is 0. The lowest BCUT2D eigenvalue weighted by atomic mass is 9.85.